The number of amides is 3. The third-order valence-corrected chi connectivity index (χ3v) is 11.0. The number of halogens is 3. The lowest BCUT2D eigenvalue weighted by Gasteiger charge is -2.34. The van der Waals surface area contributed by atoms with E-state index in [2.05, 4.69) is 10.2 Å². The summed E-state index contributed by atoms with van der Waals surface area (Å²) < 4.78 is 59.1. The Morgan fingerprint density at radius 3 is 2.12 bits per heavy atom. The first-order valence-corrected chi connectivity index (χ1v) is 20.1. The minimum atomic E-state index is -4.80. The Hall–Kier alpha value is -4.38. The molecule has 322 valence electrons. The van der Waals surface area contributed by atoms with Gasteiger partial charge in [-0.2, -0.15) is 18.4 Å². The summed E-state index contributed by atoms with van der Waals surface area (Å²) in [6.45, 7) is 14.7. The molecule has 14 nitrogen and oxygen atoms in total. The number of aliphatic hydroxyl groups is 1. The molecule has 2 aromatic carbocycles. The number of β-amino-alcohol motifs (C(OH)–C–C–N with tert-alkyl or cyclic N) is 1. The number of aliphatic hydroxyl groups excluding tert-OH is 1. The zero-order valence-corrected chi connectivity index (χ0v) is 35.0. The number of ether oxygens (including phenoxy) is 3. The Morgan fingerprint density at radius 1 is 0.983 bits per heavy atom. The van der Waals surface area contributed by atoms with Crippen LogP contribution in [-0.2, 0) is 30.0 Å². The van der Waals surface area contributed by atoms with Crippen molar-refractivity contribution in [1.29, 1.82) is 5.26 Å². The second-order valence-electron chi connectivity index (χ2n) is 16.4. The van der Waals surface area contributed by atoms with Crippen molar-refractivity contribution in [1.82, 2.24) is 20.0 Å². The molecule has 59 heavy (non-hydrogen) atoms. The van der Waals surface area contributed by atoms with E-state index in [1.807, 2.05) is 25.7 Å². The molecular formula is C41H54F3N7O7S. The van der Waals surface area contributed by atoms with Gasteiger partial charge in [-0.3, -0.25) is 29.1 Å². The number of thiocarbonyl (C=S) groups is 1. The van der Waals surface area contributed by atoms with Gasteiger partial charge < -0.3 is 34.4 Å². The molecule has 18 heteroatoms. The van der Waals surface area contributed by atoms with Crippen molar-refractivity contribution in [3.05, 3.63) is 53.6 Å². The normalized spacial score (nSPS) is 20.8. The molecule has 3 saturated heterocycles. The maximum Gasteiger partial charge on any atom is 0.417 e. The molecule has 3 fully saturated rings. The minimum Gasteiger partial charge on any atom is -0.492 e. The first kappa shape index (κ1) is 45.7. The third kappa shape index (κ3) is 11.5. The van der Waals surface area contributed by atoms with Crippen LogP contribution < -0.4 is 19.9 Å². The Morgan fingerprint density at radius 2 is 1.58 bits per heavy atom. The lowest BCUT2D eigenvalue weighted by atomic mass is 9.85. The smallest absolute Gasteiger partial charge is 0.417 e. The number of carbonyl (C=O) groups excluding carboxylic acids is 3. The molecule has 0 unspecified atom stereocenters. The van der Waals surface area contributed by atoms with Crippen molar-refractivity contribution in [2.45, 2.75) is 64.9 Å². The Kier molecular flexibility index (Phi) is 15.0. The van der Waals surface area contributed by atoms with E-state index in [1.54, 1.807) is 54.0 Å². The lowest BCUT2D eigenvalue weighted by molar-refractivity contribution is -0.139. The first-order chi connectivity index (χ1) is 27.8. The zero-order valence-electron chi connectivity index (χ0n) is 34.2. The van der Waals surface area contributed by atoms with Gasteiger partial charge in [-0.05, 0) is 80.4 Å². The number of alkyl halides is 3. The van der Waals surface area contributed by atoms with Crippen LogP contribution in [-0.4, -0.2) is 146 Å². The van der Waals surface area contributed by atoms with E-state index in [9.17, 15) is 37.9 Å². The summed E-state index contributed by atoms with van der Waals surface area (Å²) in [7, 11) is 0. The highest BCUT2D eigenvalue weighted by Gasteiger charge is 2.51. The number of benzene rings is 2. The maximum atomic E-state index is 13.7. The van der Waals surface area contributed by atoms with Crippen LogP contribution in [0.3, 0.4) is 0 Å². The minimum absolute atomic E-state index is 0.00230. The Bertz CT molecular complexity index is 1850. The fraction of sp³-hybridized carbons (Fsp3) is 0.585. The molecule has 0 aliphatic carbocycles. The van der Waals surface area contributed by atoms with Crippen LogP contribution in [0.4, 0.5) is 24.5 Å². The van der Waals surface area contributed by atoms with E-state index in [1.165, 1.54) is 6.07 Å². The van der Waals surface area contributed by atoms with E-state index < -0.39 is 46.3 Å². The van der Waals surface area contributed by atoms with Crippen molar-refractivity contribution < 1.29 is 46.9 Å². The number of hydrogen-bond donors (Lipinski definition) is 2. The topological polar surface area (TPSA) is 151 Å². The number of hydrogen-bond acceptors (Lipinski definition) is 11. The molecule has 0 saturated carbocycles. The predicted octanol–water partition coefficient (Wildman–Crippen LogP) is 3.65. The predicted molar refractivity (Wildman–Crippen MR) is 218 cm³/mol. The highest BCUT2D eigenvalue weighted by Crippen LogP contribution is 2.40. The third-order valence-electron chi connectivity index (χ3n) is 10.6. The fourth-order valence-corrected chi connectivity index (χ4v) is 7.73. The number of nitrogens with one attached hydrogen (secondary N) is 1. The largest absolute Gasteiger partial charge is 0.492 e. The van der Waals surface area contributed by atoms with Gasteiger partial charge in [-0.15, -0.1) is 0 Å². The van der Waals surface area contributed by atoms with E-state index in [-0.39, 0.29) is 35.7 Å². The highest BCUT2D eigenvalue weighted by molar-refractivity contribution is 7.81. The van der Waals surface area contributed by atoms with Crippen molar-refractivity contribution in [2.75, 3.05) is 95.2 Å². The number of carbonyl (C=O) groups is 3. The zero-order chi connectivity index (χ0) is 43.1. The van der Waals surface area contributed by atoms with Crippen LogP contribution in [0, 0.1) is 16.7 Å². The number of likely N-dealkylation sites (tertiary alicyclic amines) is 1. The summed E-state index contributed by atoms with van der Waals surface area (Å²) in [5.74, 6) is -0.393. The van der Waals surface area contributed by atoms with Crippen LogP contribution in [0.1, 0.15) is 52.2 Å². The summed E-state index contributed by atoms with van der Waals surface area (Å²) in [5, 5.41) is 22.1. The molecule has 0 bridgehead atoms. The molecule has 0 aromatic heterocycles. The molecule has 3 aliphatic rings. The molecule has 3 heterocycles. The van der Waals surface area contributed by atoms with Gasteiger partial charge in [0.05, 0.1) is 62.0 Å². The van der Waals surface area contributed by atoms with Crippen LogP contribution in [0.15, 0.2) is 42.5 Å². The number of nitriles is 1. The summed E-state index contributed by atoms with van der Waals surface area (Å²) in [5.41, 5.74) is -2.97. The monoisotopic (exact) mass is 845 g/mol. The van der Waals surface area contributed by atoms with Crippen LogP contribution in [0.25, 0.3) is 0 Å². The summed E-state index contributed by atoms with van der Waals surface area (Å²) >= 11 is 5.64. The maximum absolute atomic E-state index is 13.7. The average Bonchev–Trinajstić information content (AvgIpc) is 3.68. The van der Waals surface area contributed by atoms with Crippen molar-refractivity contribution >= 4 is 46.4 Å². The molecular weight excluding hydrogens is 792 g/mol. The molecule has 2 N–H and O–H groups in total. The lowest BCUT2D eigenvalue weighted by Crippen LogP contribution is -2.56. The highest BCUT2D eigenvalue weighted by atomic mass is 32.1. The van der Waals surface area contributed by atoms with Gasteiger partial charge in [0.2, 0.25) is 11.8 Å². The van der Waals surface area contributed by atoms with Gasteiger partial charge in [0.15, 0.2) is 5.11 Å². The molecule has 0 spiro atoms. The van der Waals surface area contributed by atoms with Gasteiger partial charge in [-0.25, -0.2) is 0 Å². The second-order valence-corrected chi connectivity index (χ2v) is 16.8. The van der Waals surface area contributed by atoms with Gasteiger partial charge in [-0.1, -0.05) is 20.8 Å². The molecule has 5 rings (SSSR count). The fourth-order valence-electron chi connectivity index (χ4n) is 7.21. The van der Waals surface area contributed by atoms with Crippen molar-refractivity contribution in [3.63, 3.8) is 0 Å². The van der Waals surface area contributed by atoms with Gasteiger partial charge in [0, 0.05) is 51.5 Å². The van der Waals surface area contributed by atoms with Crippen molar-refractivity contribution in [3.8, 4) is 11.8 Å². The first-order valence-electron chi connectivity index (χ1n) is 19.7. The quantitative estimate of drug-likeness (QED) is 0.336. The number of nitrogens with zero attached hydrogens (tertiary/aromatic N) is 6. The average molecular weight is 846 g/mol. The Labute approximate surface area is 348 Å². The van der Waals surface area contributed by atoms with E-state index in [0.717, 1.165) is 17.0 Å². The standard InChI is InChI=1S/C41H54F3N7O7S/c1-39(2,3)35(36(54)49-13-12-31(52)26-49)46-34(53)27-48-16-21-56-19-14-47(15-20-57-22-17-48)18-23-58-32-10-8-29(9-11-32)51-38(59)50(37(55)40(51,4)5)30-7-6-28(25-45)33(24-30)41(42,43)44/h6-11,24,31,35,52H,12-23,26-27H2,1-5H3,(H,46,53)/t31-,35-/m1/s1. The summed E-state index contributed by atoms with van der Waals surface area (Å²) in [6, 6.07) is 10.8. The van der Waals surface area contributed by atoms with E-state index in [4.69, 9.17) is 26.4 Å². The molecule has 2 aromatic rings. The Balaban J connectivity index is 1.09. The molecule has 3 aliphatic heterocycles. The SMILES string of the molecule is CC(C)(C)[C@H](NC(=O)CN1CCOCCN(CCOc2ccc(N3C(=S)N(c4ccc(C#N)c(C(F)(F)F)c4)C(=O)C3(C)C)cc2)CCOCC1)C(=O)N1CC[C@@H](O)C1. The molecule has 0 radical (unpaired) electrons. The van der Waals surface area contributed by atoms with Crippen LogP contribution >= 0.6 is 12.2 Å². The molecule has 3 amide bonds. The summed E-state index contributed by atoms with van der Waals surface area (Å²) in [6.07, 6.45) is -4.81. The van der Waals surface area contributed by atoms with E-state index >= 15 is 0 Å². The van der Waals surface area contributed by atoms with E-state index in [0.29, 0.717) is 90.2 Å². The van der Waals surface area contributed by atoms with Gasteiger partial charge in [0.25, 0.3) is 5.91 Å². The van der Waals surface area contributed by atoms with Gasteiger partial charge >= 0.3 is 6.18 Å². The van der Waals surface area contributed by atoms with Gasteiger partial charge in [0.1, 0.15) is 23.9 Å². The van der Waals surface area contributed by atoms with Crippen LogP contribution in [0.2, 0.25) is 0 Å². The number of rotatable bonds is 10. The molecule has 2 atom stereocenters. The summed E-state index contributed by atoms with van der Waals surface area (Å²) in [4.78, 5) is 48.4. The van der Waals surface area contributed by atoms with Crippen molar-refractivity contribution in [2.24, 2.45) is 5.41 Å². The second kappa shape index (κ2) is 19.3. The number of anilines is 2. The van der Waals surface area contributed by atoms with Crippen LogP contribution in [0.5, 0.6) is 5.75 Å².